The lowest BCUT2D eigenvalue weighted by Gasteiger charge is -2.21. The molecule has 1 aliphatic rings. The fourth-order valence-electron chi connectivity index (χ4n) is 2.95. The van der Waals surface area contributed by atoms with Crippen molar-refractivity contribution in [3.05, 3.63) is 47.2 Å². The molecule has 1 aliphatic heterocycles. The summed E-state index contributed by atoms with van der Waals surface area (Å²) in [6.07, 6.45) is 3.73. The van der Waals surface area contributed by atoms with Gasteiger partial charge in [0.25, 0.3) is 0 Å². The second-order valence-electron chi connectivity index (χ2n) is 6.29. The highest BCUT2D eigenvalue weighted by molar-refractivity contribution is 7.89. The molecule has 2 heterocycles. The summed E-state index contributed by atoms with van der Waals surface area (Å²) in [7, 11) is -1.90. The second kappa shape index (κ2) is 7.77. The van der Waals surface area contributed by atoms with Crippen molar-refractivity contribution in [2.45, 2.75) is 17.7 Å². The first kappa shape index (κ1) is 18.9. The Bertz CT molecular complexity index is 880. The lowest BCUT2D eigenvalue weighted by atomic mass is 10.1. The van der Waals surface area contributed by atoms with Gasteiger partial charge in [-0.15, -0.1) is 0 Å². The summed E-state index contributed by atoms with van der Waals surface area (Å²) < 4.78 is 28.3. The molecule has 0 radical (unpaired) electrons. The van der Waals surface area contributed by atoms with Crippen LogP contribution in [0.5, 0.6) is 0 Å². The molecule has 1 aromatic carbocycles. The average Bonchev–Trinajstić information content (AvgIpc) is 2.90. The van der Waals surface area contributed by atoms with Crippen LogP contribution in [0.1, 0.15) is 12.0 Å². The van der Waals surface area contributed by atoms with Crippen LogP contribution in [0, 0.1) is 0 Å². The standard InChI is InChI=1S/C17H21ClN4O3S/c1-20-13-16(12-19-20)26(24,25)22-8-2-7-21(9-10-22)17(23)11-14-3-5-15(18)6-4-14/h3-6,12-13H,2,7-11H2,1H3. The van der Waals surface area contributed by atoms with Crippen LogP contribution in [0.25, 0.3) is 0 Å². The lowest BCUT2D eigenvalue weighted by molar-refractivity contribution is -0.130. The predicted octanol–water partition coefficient (Wildman–Crippen LogP) is 1.54. The van der Waals surface area contributed by atoms with Gasteiger partial charge in [-0.1, -0.05) is 23.7 Å². The minimum Gasteiger partial charge on any atom is -0.341 e. The number of amides is 1. The summed E-state index contributed by atoms with van der Waals surface area (Å²) in [6, 6.07) is 7.18. The van der Waals surface area contributed by atoms with E-state index in [-0.39, 0.29) is 23.8 Å². The summed E-state index contributed by atoms with van der Waals surface area (Å²) in [4.78, 5) is 14.5. The Balaban J connectivity index is 1.64. The van der Waals surface area contributed by atoms with Gasteiger partial charge in [0.2, 0.25) is 15.9 Å². The van der Waals surface area contributed by atoms with Crippen molar-refractivity contribution in [2.75, 3.05) is 26.2 Å². The zero-order valence-electron chi connectivity index (χ0n) is 14.5. The summed E-state index contributed by atoms with van der Waals surface area (Å²) in [5.41, 5.74) is 0.892. The number of nitrogens with zero attached hydrogens (tertiary/aromatic N) is 4. The van der Waals surface area contributed by atoms with Gasteiger partial charge in [-0.3, -0.25) is 9.48 Å². The molecule has 0 bridgehead atoms. The van der Waals surface area contributed by atoms with Crippen molar-refractivity contribution in [2.24, 2.45) is 7.05 Å². The Hall–Kier alpha value is -1.90. The number of benzene rings is 1. The maximum atomic E-state index is 12.7. The number of carbonyl (C=O) groups is 1. The van der Waals surface area contributed by atoms with E-state index in [9.17, 15) is 13.2 Å². The molecule has 1 amide bonds. The zero-order chi connectivity index (χ0) is 18.7. The van der Waals surface area contributed by atoms with Crippen LogP contribution in [0.4, 0.5) is 0 Å². The molecule has 1 fully saturated rings. The molecule has 1 saturated heterocycles. The molecular weight excluding hydrogens is 376 g/mol. The Morgan fingerprint density at radius 1 is 1.15 bits per heavy atom. The van der Waals surface area contributed by atoms with Crippen molar-refractivity contribution >= 4 is 27.5 Å². The van der Waals surface area contributed by atoms with Gasteiger partial charge in [-0.25, -0.2) is 8.42 Å². The fraction of sp³-hybridized carbons (Fsp3) is 0.412. The van der Waals surface area contributed by atoms with Crippen molar-refractivity contribution < 1.29 is 13.2 Å². The molecule has 26 heavy (non-hydrogen) atoms. The Labute approximate surface area is 158 Å². The minimum absolute atomic E-state index is 0.00653. The number of aromatic nitrogens is 2. The third-order valence-corrected chi connectivity index (χ3v) is 6.50. The molecular formula is C17H21ClN4O3S. The monoisotopic (exact) mass is 396 g/mol. The van der Waals surface area contributed by atoms with E-state index in [0.717, 1.165) is 5.56 Å². The smallest absolute Gasteiger partial charge is 0.246 e. The lowest BCUT2D eigenvalue weighted by Crippen LogP contribution is -2.37. The molecule has 0 unspecified atom stereocenters. The first-order valence-electron chi connectivity index (χ1n) is 8.37. The van der Waals surface area contributed by atoms with E-state index < -0.39 is 10.0 Å². The number of carbonyl (C=O) groups excluding carboxylic acids is 1. The highest BCUT2D eigenvalue weighted by atomic mass is 35.5. The van der Waals surface area contributed by atoms with Crippen LogP contribution < -0.4 is 0 Å². The van der Waals surface area contributed by atoms with Gasteiger partial charge >= 0.3 is 0 Å². The van der Waals surface area contributed by atoms with E-state index >= 15 is 0 Å². The maximum Gasteiger partial charge on any atom is 0.246 e. The number of aryl methyl sites for hydroxylation is 1. The van der Waals surface area contributed by atoms with Crippen LogP contribution >= 0.6 is 11.6 Å². The summed E-state index contributed by atoms with van der Waals surface area (Å²) in [5.74, 6) is -0.00653. The molecule has 0 atom stereocenters. The minimum atomic E-state index is -3.58. The molecule has 0 spiro atoms. The van der Waals surface area contributed by atoms with Gasteiger partial charge < -0.3 is 4.90 Å². The summed E-state index contributed by atoms with van der Waals surface area (Å²) in [6.45, 7) is 1.60. The van der Waals surface area contributed by atoms with Crippen molar-refractivity contribution in [3.8, 4) is 0 Å². The van der Waals surface area contributed by atoms with Crippen LogP contribution in [0.15, 0.2) is 41.6 Å². The topological polar surface area (TPSA) is 75.5 Å². The maximum absolute atomic E-state index is 12.7. The number of halogens is 1. The quantitative estimate of drug-likeness (QED) is 0.785. The predicted molar refractivity (Wildman–Crippen MR) is 98.3 cm³/mol. The molecule has 1 aromatic heterocycles. The van der Waals surface area contributed by atoms with Crippen molar-refractivity contribution in [1.29, 1.82) is 0 Å². The van der Waals surface area contributed by atoms with Gasteiger partial charge in [0, 0.05) is 44.4 Å². The number of hydrogen-bond acceptors (Lipinski definition) is 4. The molecule has 0 N–H and O–H groups in total. The van der Waals surface area contributed by atoms with E-state index in [1.54, 1.807) is 24.1 Å². The Kier molecular flexibility index (Phi) is 5.64. The molecule has 140 valence electrons. The molecule has 3 rings (SSSR count). The molecule has 7 nitrogen and oxygen atoms in total. The van der Waals surface area contributed by atoms with Crippen molar-refractivity contribution in [1.82, 2.24) is 19.0 Å². The Morgan fingerprint density at radius 3 is 2.54 bits per heavy atom. The third-order valence-electron chi connectivity index (χ3n) is 4.40. The first-order chi connectivity index (χ1) is 12.4. The van der Waals surface area contributed by atoms with E-state index in [1.807, 2.05) is 12.1 Å². The van der Waals surface area contributed by atoms with E-state index in [0.29, 0.717) is 31.1 Å². The highest BCUT2D eigenvalue weighted by Gasteiger charge is 2.29. The van der Waals surface area contributed by atoms with Crippen molar-refractivity contribution in [3.63, 3.8) is 0 Å². The van der Waals surface area contributed by atoms with Gasteiger partial charge in [-0.05, 0) is 24.1 Å². The van der Waals surface area contributed by atoms with E-state index in [4.69, 9.17) is 11.6 Å². The van der Waals surface area contributed by atoms with Crippen LogP contribution in [-0.2, 0) is 28.3 Å². The Morgan fingerprint density at radius 2 is 1.88 bits per heavy atom. The van der Waals surface area contributed by atoms with Crippen LogP contribution in [0.2, 0.25) is 5.02 Å². The molecule has 0 aliphatic carbocycles. The third kappa shape index (κ3) is 4.25. The zero-order valence-corrected chi connectivity index (χ0v) is 16.1. The van der Waals surface area contributed by atoms with Crippen LogP contribution in [0.3, 0.4) is 0 Å². The summed E-state index contributed by atoms with van der Waals surface area (Å²) in [5, 5.41) is 4.57. The summed E-state index contributed by atoms with van der Waals surface area (Å²) >= 11 is 5.87. The van der Waals surface area contributed by atoms with Gasteiger partial charge in [0.15, 0.2) is 0 Å². The number of rotatable bonds is 4. The molecule has 0 saturated carbocycles. The SMILES string of the molecule is Cn1cc(S(=O)(=O)N2CCCN(C(=O)Cc3ccc(Cl)cc3)CC2)cn1. The van der Waals surface area contributed by atoms with E-state index in [2.05, 4.69) is 5.10 Å². The largest absolute Gasteiger partial charge is 0.341 e. The normalized spacial score (nSPS) is 16.5. The van der Waals surface area contributed by atoms with E-state index in [1.165, 1.54) is 21.4 Å². The van der Waals surface area contributed by atoms with Gasteiger partial charge in [0.05, 0.1) is 12.6 Å². The number of sulfonamides is 1. The second-order valence-corrected chi connectivity index (χ2v) is 8.67. The van der Waals surface area contributed by atoms with Gasteiger partial charge in [-0.2, -0.15) is 9.40 Å². The molecule has 9 heteroatoms. The van der Waals surface area contributed by atoms with Gasteiger partial charge in [0.1, 0.15) is 4.90 Å². The average molecular weight is 397 g/mol. The first-order valence-corrected chi connectivity index (χ1v) is 10.2. The number of hydrogen-bond donors (Lipinski definition) is 0. The molecule has 2 aromatic rings. The van der Waals surface area contributed by atoms with Crippen LogP contribution in [-0.4, -0.2) is 59.5 Å². The fourth-order valence-corrected chi connectivity index (χ4v) is 4.53. The highest BCUT2D eigenvalue weighted by Crippen LogP contribution is 2.18.